The molecule has 0 spiro atoms. The van der Waals surface area contributed by atoms with Gasteiger partial charge in [0.15, 0.2) is 11.5 Å². The van der Waals surface area contributed by atoms with Gasteiger partial charge in [0.2, 0.25) is 5.91 Å². The van der Waals surface area contributed by atoms with Crippen LogP contribution in [0.15, 0.2) is 24.4 Å². The molecule has 1 N–H and O–H groups in total. The van der Waals surface area contributed by atoms with Crippen molar-refractivity contribution in [3.8, 4) is 22.8 Å². The molecule has 2 heterocycles. The Morgan fingerprint density at radius 3 is 2.76 bits per heavy atom. The standard InChI is InChI=1S/C18H23N3O4/c1-23-7-6-21-11-13(9-17(21)22)18-19-10-14(20-18)12-4-5-15(24-2)16(8-12)25-3/h4-5,8,10,13H,6-7,9,11H2,1-3H3,(H,19,20)/t13-/m0/s1. The van der Waals surface area contributed by atoms with E-state index in [0.717, 1.165) is 17.1 Å². The summed E-state index contributed by atoms with van der Waals surface area (Å²) >= 11 is 0. The number of carbonyl (C=O) groups excluding carboxylic acids is 1. The van der Waals surface area contributed by atoms with Crippen LogP contribution in [0.5, 0.6) is 11.5 Å². The fourth-order valence-electron chi connectivity index (χ4n) is 3.07. The summed E-state index contributed by atoms with van der Waals surface area (Å²) in [5.41, 5.74) is 1.84. The molecule has 7 heteroatoms. The second kappa shape index (κ2) is 7.57. The fourth-order valence-corrected chi connectivity index (χ4v) is 3.07. The maximum atomic E-state index is 12.1. The zero-order chi connectivity index (χ0) is 17.8. The summed E-state index contributed by atoms with van der Waals surface area (Å²) in [5, 5.41) is 0. The van der Waals surface area contributed by atoms with E-state index in [4.69, 9.17) is 14.2 Å². The summed E-state index contributed by atoms with van der Waals surface area (Å²) in [5.74, 6) is 2.40. The van der Waals surface area contributed by atoms with Crippen LogP contribution >= 0.6 is 0 Å². The van der Waals surface area contributed by atoms with Crippen molar-refractivity contribution in [2.75, 3.05) is 41.0 Å². The van der Waals surface area contributed by atoms with Gasteiger partial charge in [-0.25, -0.2) is 4.98 Å². The molecule has 25 heavy (non-hydrogen) atoms. The van der Waals surface area contributed by atoms with Gasteiger partial charge in [0.1, 0.15) is 5.82 Å². The summed E-state index contributed by atoms with van der Waals surface area (Å²) < 4.78 is 15.7. The molecule has 1 aromatic heterocycles. The minimum Gasteiger partial charge on any atom is -0.493 e. The number of methoxy groups -OCH3 is 3. The largest absolute Gasteiger partial charge is 0.493 e. The van der Waals surface area contributed by atoms with Crippen molar-refractivity contribution in [3.05, 3.63) is 30.2 Å². The van der Waals surface area contributed by atoms with Crippen LogP contribution in [0.25, 0.3) is 11.3 Å². The number of hydrogen-bond donors (Lipinski definition) is 1. The monoisotopic (exact) mass is 345 g/mol. The average molecular weight is 345 g/mol. The van der Waals surface area contributed by atoms with Gasteiger partial charge in [-0.1, -0.05) is 0 Å². The number of hydrogen-bond acceptors (Lipinski definition) is 5. The second-order valence-electron chi connectivity index (χ2n) is 5.99. The highest BCUT2D eigenvalue weighted by Gasteiger charge is 2.32. The maximum absolute atomic E-state index is 12.1. The van der Waals surface area contributed by atoms with Gasteiger partial charge in [0.25, 0.3) is 0 Å². The first-order valence-corrected chi connectivity index (χ1v) is 8.20. The van der Waals surface area contributed by atoms with Gasteiger partial charge in [-0.3, -0.25) is 4.79 Å². The van der Waals surface area contributed by atoms with Gasteiger partial charge in [-0.15, -0.1) is 0 Å². The van der Waals surface area contributed by atoms with E-state index in [-0.39, 0.29) is 11.8 Å². The molecule has 1 atom stereocenters. The summed E-state index contributed by atoms with van der Waals surface area (Å²) in [4.78, 5) is 21.7. The van der Waals surface area contributed by atoms with E-state index >= 15 is 0 Å². The van der Waals surface area contributed by atoms with Crippen molar-refractivity contribution in [2.24, 2.45) is 0 Å². The first-order valence-electron chi connectivity index (χ1n) is 8.20. The Hall–Kier alpha value is -2.54. The number of benzene rings is 1. The molecule has 0 radical (unpaired) electrons. The lowest BCUT2D eigenvalue weighted by Crippen LogP contribution is -2.28. The van der Waals surface area contributed by atoms with Crippen molar-refractivity contribution in [1.82, 2.24) is 14.9 Å². The van der Waals surface area contributed by atoms with E-state index in [1.807, 2.05) is 23.1 Å². The number of H-pyrrole nitrogens is 1. The molecule has 0 saturated carbocycles. The molecule has 7 nitrogen and oxygen atoms in total. The zero-order valence-electron chi connectivity index (χ0n) is 14.7. The third kappa shape index (κ3) is 3.61. The molecular weight excluding hydrogens is 322 g/mol. The third-order valence-electron chi connectivity index (χ3n) is 4.46. The number of carbonyl (C=O) groups is 1. The highest BCUT2D eigenvalue weighted by Crippen LogP contribution is 2.33. The summed E-state index contributed by atoms with van der Waals surface area (Å²) in [6, 6.07) is 5.71. The van der Waals surface area contributed by atoms with E-state index in [2.05, 4.69) is 9.97 Å². The van der Waals surface area contributed by atoms with Gasteiger partial charge in [0, 0.05) is 38.1 Å². The van der Waals surface area contributed by atoms with E-state index in [0.29, 0.717) is 37.6 Å². The van der Waals surface area contributed by atoms with Crippen molar-refractivity contribution < 1.29 is 19.0 Å². The van der Waals surface area contributed by atoms with Crippen molar-refractivity contribution in [2.45, 2.75) is 12.3 Å². The number of aromatic nitrogens is 2. The van der Waals surface area contributed by atoms with Gasteiger partial charge in [-0.05, 0) is 18.2 Å². The number of nitrogens with one attached hydrogen (secondary N) is 1. The number of amides is 1. The first-order chi connectivity index (χ1) is 12.2. The van der Waals surface area contributed by atoms with E-state index in [1.165, 1.54) is 0 Å². The summed E-state index contributed by atoms with van der Waals surface area (Å²) in [7, 11) is 4.86. The number of nitrogens with zero attached hydrogens (tertiary/aromatic N) is 2. The average Bonchev–Trinajstić information content (AvgIpc) is 3.26. The van der Waals surface area contributed by atoms with Gasteiger partial charge >= 0.3 is 0 Å². The smallest absolute Gasteiger partial charge is 0.223 e. The highest BCUT2D eigenvalue weighted by molar-refractivity contribution is 5.79. The van der Waals surface area contributed by atoms with Crippen LogP contribution in [-0.2, 0) is 9.53 Å². The SMILES string of the molecule is COCCN1C[C@@H](c2ncc(-c3ccc(OC)c(OC)c3)[nH]2)CC1=O. The lowest BCUT2D eigenvalue weighted by Gasteiger charge is -2.15. The van der Waals surface area contributed by atoms with Crippen LogP contribution in [0.2, 0.25) is 0 Å². The molecule has 2 aromatic rings. The van der Waals surface area contributed by atoms with Crippen LogP contribution in [0, 0.1) is 0 Å². The topological polar surface area (TPSA) is 76.7 Å². The lowest BCUT2D eigenvalue weighted by molar-refractivity contribution is -0.128. The van der Waals surface area contributed by atoms with Crippen molar-refractivity contribution in [1.29, 1.82) is 0 Å². The Morgan fingerprint density at radius 2 is 2.04 bits per heavy atom. The van der Waals surface area contributed by atoms with Crippen LogP contribution < -0.4 is 9.47 Å². The molecule has 0 aliphatic carbocycles. The minimum atomic E-state index is 0.0817. The molecule has 1 aliphatic rings. The number of ether oxygens (including phenoxy) is 3. The number of imidazole rings is 1. The first kappa shape index (κ1) is 17.3. The molecule has 0 unspecified atom stereocenters. The Kier molecular flexibility index (Phi) is 5.23. The molecular formula is C18H23N3O4. The maximum Gasteiger partial charge on any atom is 0.223 e. The van der Waals surface area contributed by atoms with Crippen molar-refractivity contribution in [3.63, 3.8) is 0 Å². The number of rotatable bonds is 7. The Balaban J connectivity index is 1.76. The van der Waals surface area contributed by atoms with Gasteiger partial charge in [0.05, 0.1) is 32.7 Å². The van der Waals surface area contributed by atoms with E-state index in [1.54, 1.807) is 27.5 Å². The van der Waals surface area contributed by atoms with Crippen LogP contribution in [-0.4, -0.2) is 61.8 Å². The third-order valence-corrected chi connectivity index (χ3v) is 4.46. The predicted molar refractivity (Wildman–Crippen MR) is 92.9 cm³/mol. The molecule has 1 saturated heterocycles. The number of aromatic amines is 1. The quantitative estimate of drug-likeness (QED) is 0.831. The highest BCUT2D eigenvalue weighted by atomic mass is 16.5. The Morgan fingerprint density at radius 1 is 1.24 bits per heavy atom. The van der Waals surface area contributed by atoms with Gasteiger partial charge < -0.3 is 24.1 Å². The molecule has 0 bridgehead atoms. The number of likely N-dealkylation sites (tertiary alicyclic amines) is 1. The molecule has 1 aliphatic heterocycles. The molecule has 1 fully saturated rings. The minimum absolute atomic E-state index is 0.0817. The van der Waals surface area contributed by atoms with Crippen LogP contribution in [0.1, 0.15) is 18.2 Å². The Labute approximate surface area is 146 Å². The second-order valence-corrected chi connectivity index (χ2v) is 5.99. The normalized spacial score (nSPS) is 17.2. The molecule has 3 rings (SSSR count). The Bertz CT molecular complexity index is 744. The van der Waals surface area contributed by atoms with E-state index in [9.17, 15) is 4.79 Å². The molecule has 134 valence electrons. The van der Waals surface area contributed by atoms with Crippen molar-refractivity contribution >= 4 is 5.91 Å². The summed E-state index contributed by atoms with van der Waals surface area (Å²) in [6.07, 6.45) is 2.27. The van der Waals surface area contributed by atoms with E-state index < -0.39 is 0 Å². The summed E-state index contributed by atoms with van der Waals surface area (Å²) in [6.45, 7) is 1.84. The lowest BCUT2D eigenvalue weighted by atomic mass is 10.1. The molecule has 1 amide bonds. The van der Waals surface area contributed by atoms with Crippen LogP contribution in [0.3, 0.4) is 0 Å². The zero-order valence-corrected chi connectivity index (χ0v) is 14.7. The van der Waals surface area contributed by atoms with Crippen LogP contribution in [0.4, 0.5) is 0 Å². The fraction of sp³-hybridized carbons (Fsp3) is 0.444. The van der Waals surface area contributed by atoms with Gasteiger partial charge in [-0.2, -0.15) is 0 Å². The molecule has 1 aromatic carbocycles. The predicted octanol–water partition coefficient (Wildman–Crippen LogP) is 2.06.